The van der Waals surface area contributed by atoms with Crippen LogP contribution in [0.25, 0.3) is 0 Å². The molecular weight excluding hydrogens is 230 g/mol. The smallest absolute Gasteiger partial charge is 0.111 e. The van der Waals surface area contributed by atoms with Gasteiger partial charge >= 0.3 is 0 Å². The van der Waals surface area contributed by atoms with E-state index in [0.29, 0.717) is 0 Å². The van der Waals surface area contributed by atoms with E-state index in [1.165, 1.54) is 35.6 Å². The highest BCUT2D eigenvalue weighted by atomic mass is 32.1. The quantitative estimate of drug-likeness (QED) is 0.884. The number of anilines is 2. The van der Waals surface area contributed by atoms with Crippen LogP contribution in [0.5, 0.6) is 0 Å². The molecule has 0 aliphatic carbocycles. The molecule has 88 valence electrons. The SMILES string of the molecule is Nc1sncc1CN1CCCc2ccccc21. The van der Waals surface area contributed by atoms with Gasteiger partial charge in [0.1, 0.15) is 5.00 Å². The number of fused-ring (bicyclic) bond motifs is 1. The van der Waals surface area contributed by atoms with Crippen molar-refractivity contribution in [3.05, 3.63) is 41.6 Å². The van der Waals surface area contributed by atoms with Gasteiger partial charge in [0.2, 0.25) is 0 Å². The van der Waals surface area contributed by atoms with Crippen molar-refractivity contribution in [3.8, 4) is 0 Å². The standard InChI is InChI=1S/C13H15N3S/c14-13-11(8-15-17-13)9-16-7-3-5-10-4-1-2-6-12(10)16/h1-2,4,6,8H,3,5,7,9,14H2. The topological polar surface area (TPSA) is 42.1 Å². The van der Waals surface area contributed by atoms with Crippen molar-refractivity contribution in [1.82, 2.24) is 4.37 Å². The van der Waals surface area contributed by atoms with E-state index in [1.807, 2.05) is 6.20 Å². The average Bonchev–Trinajstić information content (AvgIpc) is 2.76. The minimum Gasteiger partial charge on any atom is -0.389 e. The van der Waals surface area contributed by atoms with Gasteiger partial charge in [0, 0.05) is 30.5 Å². The molecule has 4 heteroatoms. The minimum atomic E-state index is 0.841. The molecular formula is C13H15N3S. The molecule has 1 aromatic carbocycles. The molecule has 0 saturated carbocycles. The molecule has 2 heterocycles. The zero-order valence-corrected chi connectivity index (χ0v) is 10.4. The summed E-state index contributed by atoms with van der Waals surface area (Å²) in [4.78, 5) is 2.40. The molecule has 0 saturated heterocycles. The van der Waals surface area contributed by atoms with Gasteiger partial charge in [0.15, 0.2) is 0 Å². The molecule has 0 spiro atoms. The number of benzene rings is 1. The van der Waals surface area contributed by atoms with E-state index in [0.717, 1.165) is 23.7 Å². The first kappa shape index (κ1) is 10.6. The van der Waals surface area contributed by atoms with E-state index < -0.39 is 0 Å². The summed E-state index contributed by atoms with van der Waals surface area (Å²) in [6.07, 6.45) is 4.29. The molecule has 1 aromatic heterocycles. The van der Waals surface area contributed by atoms with Gasteiger partial charge in [-0.15, -0.1) is 0 Å². The largest absolute Gasteiger partial charge is 0.389 e. The molecule has 0 amide bonds. The second-order valence-corrected chi connectivity index (χ2v) is 5.20. The van der Waals surface area contributed by atoms with Gasteiger partial charge in [0.05, 0.1) is 0 Å². The molecule has 3 nitrogen and oxygen atoms in total. The number of nitrogens with two attached hydrogens (primary N) is 1. The van der Waals surface area contributed by atoms with E-state index in [9.17, 15) is 0 Å². The number of aromatic nitrogens is 1. The Morgan fingerprint density at radius 2 is 2.24 bits per heavy atom. The summed E-state index contributed by atoms with van der Waals surface area (Å²) in [6.45, 7) is 1.98. The molecule has 0 bridgehead atoms. The van der Waals surface area contributed by atoms with E-state index in [1.54, 1.807) is 0 Å². The second-order valence-electron chi connectivity index (χ2n) is 4.37. The Kier molecular flexibility index (Phi) is 2.73. The van der Waals surface area contributed by atoms with Gasteiger partial charge in [-0.25, -0.2) is 0 Å². The van der Waals surface area contributed by atoms with Gasteiger partial charge in [-0.1, -0.05) is 18.2 Å². The van der Waals surface area contributed by atoms with Crippen LogP contribution >= 0.6 is 11.5 Å². The highest BCUT2D eigenvalue weighted by Crippen LogP contribution is 2.29. The summed E-state index contributed by atoms with van der Waals surface area (Å²) in [6, 6.07) is 8.64. The van der Waals surface area contributed by atoms with Crippen molar-refractivity contribution < 1.29 is 0 Å². The van der Waals surface area contributed by atoms with Crippen LogP contribution in [0, 0.1) is 0 Å². The lowest BCUT2D eigenvalue weighted by molar-refractivity contribution is 0.692. The van der Waals surface area contributed by atoms with E-state index in [4.69, 9.17) is 5.73 Å². The van der Waals surface area contributed by atoms with Crippen molar-refractivity contribution in [2.24, 2.45) is 0 Å². The summed E-state index contributed by atoms with van der Waals surface area (Å²) in [5.74, 6) is 0. The summed E-state index contributed by atoms with van der Waals surface area (Å²) < 4.78 is 4.13. The van der Waals surface area contributed by atoms with Gasteiger partial charge in [-0.2, -0.15) is 4.37 Å². The fourth-order valence-corrected chi connectivity index (χ4v) is 2.90. The predicted molar refractivity (Wildman–Crippen MR) is 72.3 cm³/mol. The number of hydrogen-bond donors (Lipinski definition) is 1. The third-order valence-corrected chi connectivity index (χ3v) is 3.91. The zero-order valence-electron chi connectivity index (χ0n) is 9.60. The highest BCUT2D eigenvalue weighted by Gasteiger charge is 2.17. The predicted octanol–water partition coefficient (Wildman–Crippen LogP) is 2.68. The second kappa shape index (κ2) is 4.37. The molecule has 0 radical (unpaired) electrons. The van der Waals surface area contributed by atoms with Crippen LogP contribution in [0.4, 0.5) is 10.7 Å². The van der Waals surface area contributed by atoms with Gasteiger partial charge in [0.25, 0.3) is 0 Å². The van der Waals surface area contributed by atoms with Crippen molar-refractivity contribution >= 4 is 22.2 Å². The molecule has 2 aromatic rings. The number of hydrogen-bond acceptors (Lipinski definition) is 4. The van der Waals surface area contributed by atoms with Crippen molar-refractivity contribution in [2.75, 3.05) is 17.2 Å². The highest BCUT2D eigenvalue weighted by molar-refractivity contribution is 7.10. The van der Waals surface area contributed by atoms with Crippen LogP contribution in [0.3, 0.4) is 0 Å². The molecule has 0 atom stereocenters. The van der Waals surface area contributed by atoms with Crippen LogP contribution in [-0.4, -0.2) is 10.9 Å². The Bertz CT molecular complexity index is 521. The normalized spacial score (nSPS) is 14.7. The lowest BCUT2D eigenvalue weighted by Crippen LogP contribution is -2.28. The van der Waals surface area contributed by atoms with Crippen molar-refractivity contribution in [2.45, 2.75) is 19.4 Å². The van der Waals surface area contributed by atoms with Crippen LogP contribution in [0.15, 0.2) is 30.5 Å². The third-order valence-electron chi connectivity index (χ3n) is 3.24. The number of rotatable bonds is 2. The molecule has 0 unspecified atom stereocenters. The van der Waals surface area contributed by atoms with Gasteiger partial charge < -0.3 is 10.6 Å². The fourth-order valence-electron chi connectivity index (χ4n) is 2.37. The van der Waals surface area contributed by atoms with Crippen molar-refractivity contribution in [3.63, 3.8) is 0 Å². The van der Waals surface area contributed by atoms with Crippen LogP contribution in [0.2, 0.25) is 0 Å². The minimum absolute atomic E-state index is 0.841. The Labute approximate surface area is 105 Å². The molecule has 17 heavy (non-hydrogen) atoms. The van der Waals surface area contributed by atoms with Gasteiger partial charge in [-0.3, -0.25) is 0 Å². The fraction of sp³-hybridized carbons (Fsp3) is 0.308. The molecule has 2 N–H and O–H groups in total. The first-order valence-electron chi connectivity index (χ1n) is 5.86. The van der Waals surface area contributed by atoms with Crippen molar-refractivity contribution in [1.29, 1.82) is 0 Å². The summed E-state index contributed by atoms with van der Waals surface area (Å²) in [5, 5.41) is 0.841. The van der Waals surface area contributed by atoms with Crippen LogP contribution in [-0.2, 0) is 13.0 Å². The summed E-state index contributed by atoms with van der Waals surface area (Å²) in [5.41, 5.74) is 9.85. The van der Waals surface area contributed by atoms with E-state index in [2.05, 4.69) is 33.5 Å². The Balaban J connectivity index is 1.88. The monoisotopic (exact) mass is 245 g/mol. The molecule has 3 rings (SSSR count). The van der Waals surface area contributed by atoms with Gasteiger partial charge in [-0.05, 0) is 36.0 Å². The van der Waals surface area contributed by atoms with Crippen LogP contribution in [0.1, 0.15) is 17.5 Å². The Morgan fingerprint density at radius 1 is 1.35 bits per heavy atom. The van der Waals surface area contributed by atoms with Crippen LogP contribution < -0.4 is 10.6 Å². The maximum atomic E-state index is 5.91. The first-order chi connectivity index (χ1) is 8.34. The first-order valence-corrected chi connectivity index (χ1v) is 6.64. The maximum absolute atomic E-state index is 5.91. The number of nitrogens with zero attached hydrogens (tertiary/aromatic N) is 2. The molecule has 0 fully saturated rings. The Morgan fingerprint density at radius 3 is 3.06 bits per heavy atom. The Hall–Kier alpha value is -1.55. The molecule has 1 aliphatic heterocycles. The number of nitrogen functional groups attached to an aromatic ring is 1. The van der Waals surface area contributed by atoms with E-state index in [-0.39, 0.29) is 0 Å². The average molecular weight is 245 g/mol. The number of aryl methyl sites for hydroxylation is 1. The summed E-state index contributed by atoms with van der Waals surface area (Å²) >= 11 is 1.38. The van der Waals surface area contributed by atoms with E-state index >= 15 is 0 Å². The lowest BCUT2D eigenvalue weighted by Gasteiger charge is -2.31. The number of para-hydroxylation sites is 1. The maximum Gasteiger partial charge on any atom is 0.111 e. The zero-order chi connectivity index (χ0) is 11.7. The lowest BCUT2D eigenvalue weighted by atomic mass is 10.0. The summed E-state index contributed by atoms with van der Waals surface area (Å²) in [7, 11) is 0. The third kappa shape index (κ3) is 2.00. The molecule has 1 aliphatic rings.